The van der Waals surface area contributed by atoms with Gasteiger partial charge in [0, 0.05) is 6.54 Å². The minimum absolute atomic E-state index is 0.210. The molecule has 1 rings (SSSR count). The van der Waals surface area contributed by atoms with Crippen LogP contribution in [-0.2, 0) is 0 Å². The Kier molecular flexibility index (Phi) is 6.51. The molecular weight excluding hydrogens is 254 g/mol. The van der Waals surface area contributed by atoms with Crippen molar-refractivity contribution in [3.8, 4) is 5.75 Å². The number of rotatable bonds is 9. The molecule has 1 heterocycles. The Balaban J connectivity index is 2.64. The molecule has 1 aromatic heterocycles. The van der Waals surface area contributed by atoms with Gasteiger partial charge in [0.15, 0.2) is 11.6 Å². The van der Waals surface area contributed by atoms with Crippen molar-refractivity contribution in [1.82, 2.24) is 9.97 Å². The third kappa shape index (κ3) is 4.85. The molecule has 0 saturated heterocycles. The Morgan fingerprint density at radius 3 is 2.55 bits per heavy atom. The molecule has 0 aliphatic carbocycles. The normalized spacial score (nSPS) is 11.2. The minimum Gasteiger partial charge on any atom is -0.490 e. The number of hydrogen-bond donors (Lipinski definition) is 3. The van der Waals surface area contributed by atoms with Crippen LogP contribution in [0.3, 0.4) is 0 Å². The molecule has 6 heteroatoms. The third-order valence-electron chi connectivity index (χ3n) is 3.34. The molecule has 20 heavy (non-hydrogen) atoms. The second-order valence-corrected chi connectivity index (χ2v) is 5.72. The zero-order valence-corrected chi connectivity index (χ0v) is 13.0. The van der Waals surface area contributed by atoms with Gasteiger partial charge in [-0.3, -0.25) is 0 Å². The lowest BCUT2D eigenvalue weighted by atomic mass is 9.87. The smallest absolute Gasteiger partial charge is 0.205 e. The van der Waals surface area contributed by atoms with Crippen molar-refractivity contribution in [3.63, 3.8) is 0 Å². The summed E-state index contributed by atoms with van der Waals surface area (Å²) in [7, 11) is 1.58. The van der Waals surface area contributed by atoms with Crippen LogP contribution in [0.2, 0.25) is 0 Å². The largest absolute Gasteiger partial charge is 0.490 e. The van der Waals surface area contributed by atoms with E-state index in [4.69, 9.17) is 10.6 Å². The predicted octanol–water partition coefficient (Wildman–Crippen LogP) is 2.79. The monoisotopic (exact) mass is 281 g/mol. The molecule has 4 N–H and O–H groups in total. The van der Waals surface area contributed by atoms with Crippen LogP contribution in [0.1, 0.15) is 46.5 Å². The van der Waals surface area contributed by atoms with Crippen molar-refractivity contribution in [1.29, 1.82) is 0 Å². The van der Waals surface area contributed by atoms with Crippen molar-refractivity contribution in [2.75, 3.05) is 24.4 Å². The summed E-state index contributed by atoms with van der Waals surface area (Å²) in [5, 5.41) is 3.33. The minimum atomic E-state index is 0.210. The maximum Gasteiger partial charge on any atom is 0.205 e. The lowest BCUT2D eigenvalue weighted by Crippen LogP contribution is -2.24. The number of anilines is 2. The van der Waals surface area contributed by atoms with Gasteiger partial charge in [0.2, 0.25) is 5.75 Å². The molecule has 0 spiro atoms. The lowest BCUT2D eigenvalue weighted by Gasteiger charge is -2.25. The van der Waals surface area contributed by atoms with E-state index in [1.165, 1.54) is 32.0 Å². The Labute approximate surface area is 121 Å². The molecule has 6 nitrogen and oxygen atoms in total. The second kappa shape index (κ2) is 7.89. The number of aromatic nitrogens is 2. The number of methoxy groups -OCH3 is 1. The highest BCUT2D eigenvalue weighted by atomic mass is 16.5. The number of nitrogens with two attached hydrogens (primary N) is 1. The Hall–Kier alpha value is -1.56. The quantitative estimate of drug-likeness (QED) is 0.366. The van der Waals surface area contributed by atoms with Crippen LogP contribution in [0.5, 0.6) is 5.75 Å². The lowest BCUT2D eigenvalue weighted by molar-refractivity contribution is 0.341. The van der Waals surface area contributed by atoms with Crippen LogP contribution in [0.25, 0.3) is 0 Å². The third-order valence-corrected chi connectivity index (χ3v) is 3.34. The van der Waals surface area contributed by atoms with Gasteiger partial charge in [0.1, 0.15) is 6.33 Å². The number of nitrogens with one attached hydrogen (secondary N) is 2. The molecule has 0 aromatic carbocycles. The zero-order chi connectivity index (χ0) is 15.0. The van der Waals surface area contributed by atoms with Crippen LogP contribution in [0.4, 0.5) is 11.6 Å². The van der Waals surface area contributed by atoms with Gasteiger partial charge < -0.3 is 15.5 Å². The van der Waals surface area contributed by atoms with Crippen LogP contribution in [-0.4, -0.2) is 23.6 Å². The molecule has 0 aliphatic rings. The summed E-state index contributed by atoms with van der Waals surface area (Å²) in [6.45, 7) is 7.56. The van der Waals surface area contributed by atoms with E-state index in [0.717, 1.165) is 6.54 Å². The SMILES string of the molecule is CCCCCC(C)(C)CNc1ncnc(NN)c1OC. The van der Waals surface area contributed by atoms with Crippen molar-refractivity contribution >= 4 is 11.6 Å². The number of ether oxygens (including phenoxy) is 1. The molecule has 0 saturated carbocycles. The maximum absolute atomic E-state index is 5.41. The highest BCUT2D eigenvalue weighted by Crippen LogP contribution is 2.30. The summed E-state index contributed by atoms with van der Waals surface area (Å²) >= 11 is 0. The van der Waals surface area contributed by atoms with Gasteiger partial charge in [-0.2, -0.15) is 0 Å². The van der Waals surface area contributed by atoms with E-state index in [2.05, 4.69) is 41.5 Å². The fourth-order valence-electron chi connectivity index (χ4n) is 2.06. The second-order valence-electron chi connectivity index (χ2n) is 5.72. The summed E-state index contributed by atoms with van der Waals surface area (Å²) in [4.78, 5) is 8.24. The number of hydrazine groups is 1. The number of hydrogen-bond acceptors (Lipinski definition) is 6. The van der Waals surface area contributed by atoms with E-state index >= 15 is 0 Å². The van der Waals surface area contributed by atoms with Crippen LogP contribution < -0.4 is 21.3 Å². The van der Waals surface area contributed by atoms with Crippen molar-refractivity contribution in [3.05, 3.63) is 6.33 Å². The Morgan fingerprint density at radius 1 is 1.25 bits per heavy atom. The molecule has 0 unspecified atom stereocenters. The summed E-state index contributed by atoms with van der Waals surface area (Å²) < 4.78 is 5.30. The fourth-order valence-corrected chi connectivity index (χ4v) is 2.06. The molecule has 0 amide bonds. The average molecular weight is 281 g/mol. The molecule has 1 aromatic rings. The Bertz CT molecular complexity index is 409. The zero-order valence-electron chi connectivity index (χ0n) is 13.0. The standard InChI is InChI=1S/C14H27N5O/c1-5-6-7-8-14(2,3)9-16-12-11(20-4)13(19-15)18-10-17-12/h10H,5-9,15H2,1-4H3,(H2,16,17,18,19). The Morgan fingerprint density at radius 2 is 1.95 bits per heavy atom. The van der Waals surface area contributed by atoms with Crippen molar-refractivity contribution in [2.45, 2.75) is 46.5 Å². The van der Waals surface area contributed by atoms with Gasteiger partial charge >= 0.3 is 0 Å². The fraction of sp³-hybridized carbons (Fsp3) is 0.714. The molecule has 0 fully saturated rings. The number of nitrogen functional groups attached to an aromatic ring is 1. The topological polar surface area (TPSA) is 85.1 Å². The van der Waals surface area contributed by atoms with Crippen molar-refractivity contribution in [2.24, 2.45) is 11.3 Å². The van der Waals surface area contributed by atoms with Gasteiger partial charge in [0.05, 0.1) is 7.11 Å². The molecule has 114 valence electrons. The number of unbranched alkanes of at least 4 members (excludes halogenated alkanes) is 2. The molecule has 0 radical (unpaired) electrons. The predicted molar refractivity (Wildman–Crippen MR) is 82.8 cm³/mol. The van der Waals surface area contributed by atoms with Crippen LogP contribution in [0, 0.1) is 5.41 Å². The van der Waals surface area contributed by atoms with E-state index in [1.54, 1.807) is 7.11 Å². The molecule has 0 aliphatic heterocycles. The molecule has 0 bridgehead atoms. The summed E-state index contributed by atoms with van der Waals surface area (Å²) in [5.74, 6) is 7.10. The van der Waals surface area contributed by atoms with Gasteiger partial charge in [-0.25, -0.2) is 15.8 Å². The van der Waals surface area contributed by atoms with E-state index < -0.39 is 0 Å². The highest BCUT2D eigenvalue weighted by molar-refractivity contribution is 5.63. The van der Waals surface area contributed by atoms with E-state index in [0.29, 0.717) is 17.4 Å². The first-order valence-corrected chi connectivity index (χ1v) is 7.13. The summed E-state index contributed by atoms with van der Waals surface area (Å²) in [6, 6.07) is 0. The van der Waals surface area contributed by atoms with E-state index in [-0.39, 0.29) is 5.41 Å². The summed E-state index contributed by atoms with van der Waals surface area (Å²) in [6.07, 6.45) is 6.42. The first-order chi connectivity index (χ1) is 9.54. The van der Waals surface area contributed by atoms with Crippen LogP contribution >= 0.6 is 0 Å². The summed E-state index contributed by atoms with van der Waals surface area (Å²) in [5.41, 5.74) is 2.72. The van der Waals surface area contributed by atoms with Crippen LogP contribution in [0.15, 0.2) is 6.33 Å². The molecule has 0 atom stereocenters. The number of nitrogens with zero attached hydrogens (tertiary/aromatic N) is 2. The van der Waals surface area contributed by atoms with Gasteiger partial charge in [0.25, 0.3) is 0 Å². The average Bonchev–Trinajstić information content (AvgIpc) is 2.44. The maximum atomic E-state index is 5.41. The first-order valence-electron chi connectivity index (χ1n) is 7.13. The van der Waals surface area contributed by atoms with Gasteiger partial charge in [-0.1, -0.05) is 40.0 Å². The van der Waals surface area contributed by atoms with Crippen molar-refractivity contribution < 1.29 is 4.74 Å². The molecular formula is C14H27N5O. The highest BCUT2D eigenvalue weighted by Gasteiger charge is 2.19. The van der Waals surface area contributed by atoms with Gasteiger partial charge in [-0.15, -0.1) is 0 Å². The van der Waals surface area contributed by atoms with Gasteiger partial charge in [-0.05, 0) is 11.8 Å². The van der Waals surface area contributed by atoms with E-state index in [1.807, 2.05) is 0 Å². The van der Waals surface area contributed by atoms with E-state index in [9.17, 15) is 0 Å². The first kappa shape index (κ1) is 16.5.